The van der Waals surface area contributed by atoms with E-state index in [1.54, 1.807) is 0 Å². The fourth-order valence-electron chi connectivity index (χ4n) is 2.39. The number of nitrogens with one attached hydrogen (secondary N) is 3. The molecule has 1 unspecified atom stereocenters. The number of H-pyrrole nitrogens is 2. The third kappa shape index (κ3) is 2.81. The van der Waals surface area contributed by atoms with Gasteiger partial charge in [-0.05, 0) is 49.2 Å². The number of halogens is 1. The van der Waals surface area contributed by atoms with Crippen molar-refractivity contribution in [3.63, 3.8) is 0 Å². The van der Waals surface area contributed by atoms with Gasteiger partial charge in [-0.3, -0.25) is 0 Å². The molecule has 0 bridgehead atoms. The fourth-order valence-corrected chi connectivity index (χ4v) is 2.56. The second kappa shape index (κ2) is 5.30. The summed E-state index contributed by atoms with van der Waals surface area (Å²) in [4.78, 5) is 16.8. The number of benzene rings is 2. The van der Waals surface area contributed by atoms with Crippen LogP contribution in [0, 0.1) is 6.92 Å². The number of anilines is 1. The van der Waals surface area contributed by atoms with Crippen LogP contribution < -0.4 is 11.0 Å². The molecule has 0 amide bonds. The third-order valence-electron chi connectivity index (χ3n) is 3.53. The van der Waals surface area contributed by atoms with E-state index in [1.165, 1.54) is 0 Å². The van der Waals surface area contributed by atoms with Gasteiger partial charge >= 0.3 is 5.69 Å². The lowest BCUT2D eigenvalue weighted by Crippen LogP contribution is -2.07. The highest BCUT2D eigenvalue weighted by Crippen LogP contribution is 2.27. The Morgan fingerprint density at radius 2 is 1.86 bits per heavy atom. The van der Waals surface area contributed by atoms with Gasteiger partial charge in [0.25, 0.3) is 0 Å². The topological polar surface area (TPSA) is 60.7 Å². The first-order chi connectivity index (χ1) is 10.0. The monoisotopic (exact) mass is 301 g/mol. The molecule has 2 aromatic carbocycles. The Morgan fingerprint density at radius 3 is 2.67 bits per heavy atom. The van der Waals surface area contributed by atoms with Gasteiger partial charge < -0.3 is 15.3 Å². The number of aromatic nitrogens is 2. The van der Waals surface area contributed by atoms with Crippen LogP contribution >= 0.6 is 11.6 Å². The molecule has 108 valence electrons. The number of rotatable bonds is 3. The molecule has 3 rings (SSSR count). The molecule has 0 fully saturated rings. The Balaban J connectivity index is 1.90. The van der Waals surface area contributed by atoms with Crippen molar-refractivity contribution in [3.05, 3.63) is 63.0 Å². The third-order valence-corrected chi connectivity index (χ3v) is 3.86. The van der Waals surface area contributed by atoms with Crippen LogP contribution in [0.4, 0.5) is 5.69 Å². The summed E-state index contributed by atoms with van der Waals surface area (Å²) in [7, 11) is 0. The summed E-state index contributed by atoms with van der Waals surface area (Å²) in [6, 6.07) is 11.8. The molecule has 21 heavy (non-hydrogen) atoms. The number of aryl methyl sites for hydroxylation is 1. The maximum atomic E-state index is 11.3. The molecule has 4 nitrogen and oxygen atoms in total. The predicted octanol–water partition coefficient (Wildman–Crippen LogP) is 3.99. The first-order valence-electron chi connectivity index (χ1n) is 6.77. The van der Waals surface area contributed by atoms with Gasteiger partial charge in [-0.2, -0.15) is 0 Å². The Kier molecular flexibility index (Phi) is 3.47. The SMILES string of the molecule is Cc1ccc(Cl)c(NC(C)c2ccc3[nH]c(=O)[nH]c3c2)c1. The van der Waals surface area contributed by atoms with Crippen molar-refractivity contribution in [2.45, 2.75) is 19.9 Å². The van der Waals surface area contributed by atoms with Gasteiger partial charge in [0.1, 0.15) is 0 Å². The van der Waals surface area contributed by atoms with Crippen molar-refractivity contribution in [3.8, 4) is 0 Å². The zero-order valence-electron chi connectivity index (χ0n) is 11.8. The van der Waals surface area contributed by atoms with Gasteiger partial charge in [0, 0.05) is 6.04 Å². The normalized spacial score (nSPS) is 12.5. The molecule has 0 aliphatic carbocycles. The minimum absolute atomic E-state index is 0.0760. The van der Waals surface area contributed by atoms with E-state index < -0.39 is 0 Å². The van der Waals surface area contributed by atoms with Crippen molar-refractivity contribution in [2.75, 3.05) is 5.32 Å². The molecule has 5 heteroatoms. The zero-order valence-corrected chi connectivity index (χ0v) is 12.6. The highest BCUT2D eigenvalue weighted by molar-refractivity contribution is 6.33. The summed E-state index contributed by atoms with van der Waals surface area (Å²) in [5, 5.41) is 4.10. The van der Waals surface area contributed by atoms with Crippen LogP contribution in [0.2, 0.25) is 5.02 Å². The average Bonchev–Trinajstić information content (AvgIpc) is 2.81. The van der Waals surface area contributed by atoms with Crippen molar-refractivity contribution in [1.29, 1.82) is 0 Å². The second-order valence-corrected chi connectivity index (χ2v) is 5.64. The van der Waals surface area contributed by atoms with Crippen LogP contribution in [-0.4, -0.2) is 9.97 Å². The molecule has 1 atom stereocenters. The Bertz CT molecular complexity index is 850. The Morgan fingerprint density at radius 1 is 1.10 bits per heavy atom. The maximum Gasteiger partial charge on any atom is 0.323 e. The van der Waals surface area contributed by atoms with Crippen LogP contribution in [0.5, 0.6) is 0 Å². The Labute approximate surface area is 127 Å². The smallest absolute Gasteiger partial charge is 0.323 e. The zero-order chi connectivity index (χ0) is 15.0. The molecule has 0 saturated carbocycles. The van der Waals surface area contributed by atoms with Crippen molar-refractivity contribution in [1.82, 2.24) is 9.97 Å². The molecular formula is C16H16ClN3O. The lowest BCUT2D eigenvalue weighted by Gasteiger charge is -2.17. The highest BCUT2D eigenvalue weighted by atomic mass is 35.5. The molecule has 0 saturated heterocycles. The highest BCUT2D eigenvalue weighted by Gasteiger charge is 2.09. The number of fused-ring (bicyclic) bond motifs is 1. The summed E-state index contributed by atoms with van der Waals surface area (Å²) in [6.45, 7) is 4.09. The average molecular weight is 302 g/mol. The van der Waals surface area contributed by atoms with Gasteiger partial charge in [-0.15, -0.1) is 0 Å². The molecule has 0 radical (unpaired) electrons. The van der Waals surface area contributed by atoms with Gasteiger partial charge in [0.05, 0.1) is 21.7 Å². The van der Waals surface area contributed by atoms with Crippen molar-refractivity contribution < 1.29 is 0 Å². The first kappa shape index (κ1) is 13.8. The van der Waals surface area contributed by atoms with Crippen LogP contribution in [-0.2, 0) is 0 Å². The molecular weight excluding hydrogens is 286 g/mol. The summed E-state index contributed by atoms with van der Waals surface area (Å²) in [5.74, 6) is 0. The number of imidazole rings is 1. The second-order valence-electron chi connectivity index (χ2n) is 5.23. The van der Waals surface area contributed by atoms with Crippen molar-refractivity contribution in [2.24, 2.45) is 0 Å². The van der Waals surface area contributed by atoms with Gasteiger partial charge in [0.2, 0.25) is 0 Å². The van der Waals surface area contributed by atoms with Gasteiger partial charge in [-0.25, -0.2) is 4.79 Å². The lowest BCUT2D eigenvalue weighted by molar-refractivity contribution is 0.886. The van der Waals surface area contributed by atoms with Crippen LogP contribution in [0.25, 0.3) is 11.0 Å². The summed E-state index contributed by atoms with van der Waals surface area (Å²) in [5.41, 5.74) is 4.57. The van der Waals surface area contributed by atoms with Crippen LogP contribution in [0.1, 0.15) is 24.1 Å². The van der Waals surface area contributed by atoms with Crippen LogP contribution in [0.3, 0.4) is 0 Å². The molecule has 1 heterocycles. The van der Waals surface area contributed by atoms with E-state index in [2.05, 4.69) is 22.2 Å². The van der Waals surface area contributed by atoms with E-state index in [-0.39, 0.29) is 11.7 Å². The molecule has 1 aromatic heterocycles. The summed E-state index contributed by atoms with van der Waals surface area (Å²) in [6.07, 6.45) is 0. The van der Waals surface area contributed by atoms with E-state index in [9.17, 15) is 4.79 Å². The van der Waals surface area contributed by atoms with E-state index in [0.29, 0.717) is 5.02 Å². The molecule has 0 aliphatic rings. The standard InChI is InChI=1S/C16H16ClN3O/c1-9-3-5-12(17)14(7-9)18-10(2)11-4-6-13-15(8-11)20-16(21)19-13/h3-8,10,18H,1-2H3,(H2,19,20,21). The number of aromatic amines is 2. The van der Waals surface area contributed by atoms with Gasteiger partial charge in [-0.1, -0.05) is 23.7 Å². The lowest BCUT2D eigenvalue weighted by atomic mass is 10.1. The molecule has 3 aromatic rings. The van der Waals surface area contributed by atoms with Crippen LogP contribution in [0.15, 0.2) is 41.2 Å². The minimum atomic E-state index is -0.190. The summed E-state index contributed by atoms with van der Waals surface area (Å²) < 4.78 is 0. The summed E-state index contributed by atoms with van der Waals surface area (Å²) >= 11 is 6.21. The minimum Gasteiger partial charge on any atom is -0.377 e. The first-order valence-corrected chi connectivity index (χ1v) is 7.15. The molecule has 0 spiro atoms. The number of hydrogen-bond donors (Lipinski definition) is 3. The fraction of sp³-hybridized carbons (Fsp3) is 0.188. The van der Waals surface area contributed by atoms with E-state index in [1.807, 2.05) is 43.3 Å². The number of hydrogen-bond acceptors (Lipinski definition) is 2. The molecule has 3 N–H and O–H groups in total. The van der Waals surface area contributed by atoms with E-state index >= 15 is 0 Å². The van der Waals surface area contributed by atoms with E-state index in [0.717, 1.165) is 27.8 Å². The molecule has 0 aliphatic heterocycles. The van der Waals surface area contributed by atoms with Gasteiger partial charge in [0.15, 0.2) is 0 Å². The van der Waals surface area contributed by atoms with Crippen molar-refractivity contribution >= 4 is 28.3 Å². The predicted molar refractivity (Wildman–Crippen MR) is 87.1 cm³/mol. The Hall–Kier alpha value is -2.20. The largest absolute Gasteiger partial charge is 0.377 e. The van der Waals surface area contributed by atoms with E-state index in [4.69, 9.17) is 11.6 Å². The quantitative estimate of drug-likeness (QED) is 0.685. The maximum absolute atomic E-state index is 11.3.